The number of hydrogen-bond acceptors (Lipinski definition) is 4. The van der Waals surface area contributed by atoms with Crippen LogP contribution in [-0.4, -0.2) is 21.7 Å². The standard InChI is InChI=1S/C11H13N3O2/c1-7-5-9(15)14(11(7)16)6-8-3-2-4-13-10(8)12/h2-4,7H,5-6H2,1H3,(H2,12,13). The maximum atomic E-state index is 11.7. The second-order valence-corrected chi connectivity index (χ2v) is 3.97. The molecule has 2 amide bonds. The molecule has 1 saturated heterocycles. The van der Waals surface area contributed by atoms with Crippen LogP contribution in [0.3, 0.4) is 0 Å². The Bertz CT molecular complexity index is 445. The summed E-state index contributed by atoms with van der Waals surface area (Å²) in [6, 6.07) is 3.51. The molecule has 5 heteroatoms. The molecule has 0 spiro atoms. The van der Waals surface area contributed by atoms with Crippen LogP contribution >= 0.6 is 0 Å². The molecule has 1 aromatic heterocycles. The molecule has 16 heavy (non-hydrogen) atoms. The number of anilines is 1. The summed E-state index contributed by atoms with van der Waals surface area (Å²) in [5.74, 6) is -0.123. The van der Waals surface area contributed by atoms with Gasteiger partial charge in [-0.2, -0.15) is 0 Å². The van der Waals surface area contributed by atoms with E-state index in [2.05, 4.69) is 4.98 Å². The molecule has 1 aromatic rings. The predicted molar refractivity (Wildman–Crippen MR) is 58.0 cm³/mol. The van der Waals surface area contributed by atoms with Crippen molar-refractivity contribution < 1.29 is 9.59 Å². The average molecular weight is 219 g/mol. The predicted octanol–water partition coefficient (Wildman–Crippen LogP) is 0.559. The van der Waals surface area contributed by atoms with E-state index in [1.807, 2.05) is 0 Å². The third kappa shape index (κ3) is 1.76. The number of nitrogens with two attached hydrogens (primary N) is 1. The first kappa shape index (κ1) is 10.6. The zero-order valence-electron chi connectivity index (χ0n) is 9.01. The fourth-order valence-electron chi connectivity index (χ4n) is 1.77. The van der Waals surface area contributed by atoms with Crippen LogP contribution in [-0.2, 0) is 16.1 Å². The van der Waals surface area contributed by atoms with Gasteiger partial charge in [0.2, 0.25) is 11.8 Å². The number of carbonyl (C=O) groups excluding carboxylic acids is 2. The fraction of sp³-hybridized carbons (Fsp3) is 0.364. The first-order valence-electron chi connectivity index (χ1n) is 5.13. The van der Waals surface area contributed by atoms with Crippen molar-refractivity contribution >= 4 is 17.6 Å². The fourth-order valence-corrected chi connectivity index (χ4v) is 1.77. The minimum Gasteiger partial charge on any atom is -0.383 e. The van der Waals surface area contributed by atoms with Gasteiger partial charge in [0.25, 0.3) is 0 Å². The van der Waals surface area contributed by atoms with Gasteiger partial charge in [0.15, 0.2) is 0 Å². The molecule has 2 rings (SSSR count). The molecule has 5 nitrogen and oxygen atoms in total. The second kappa shape index (κ2) is 3.92. The molecule has 0 saturated carbocycles. The highest BCUT2D eigenvalue weighted by atomic mass is 16.2. The van der Waals surface area contributed by atoms with Crippen LogP contribution in [0.5, 0.6) is 0 Å². The number of carbonyl (C=O) groups is 2. The number of aromatic nitrogens is 1. The molecule has 2 N–H and O–H groups in total. The Labute approximate surface area is 93.3 Å². The van der Waals surface area contributed by atoms with Gasteiger partial charge in [-0.3, -0.25) is 14.5 Å². The number of nitrogen functional groups attached to an aromatic ring is 1. The monoisotopic (exact) mass is 219 g/mol. The number of amides is 2. The lowest BCUT2D eigenvalue weighted by molar-refractivity contribution is -0.139. The summed E-state index contributed by atoms with van der Waals surface area (Å²) in [7, 11) is 0. The van der Waals surface area contributed by atoms with Gasteiger partial charge in [0.1, 0.15) is 5.82 Å². The number of nitrogens with zero attached hydrogens (tertiary/aromatic N) is 2. The van der Waals surface area contributed by atoms with Gasteiger partial charge < -0.3 is 5.73 Å². The second-order valence-electron chi connectivity index (χ2n) is 3.97. The Morgan fingerprint density at radius 2 is 2.31 bits per heavy atom. The van der Waals surface area contributed by atoms with Gasteiger partial charge in [-0.25, -0.2) is 4.98 Å². The van der Waals surface area contributed by atoms with Gasteiger partial charge in [-0.05, 0) is 6.07 Å². The summed E-state index contributed by atoms with van der Waals surface area (Å²) >= 11 is 0. The van der Waals surface area contributed by atoms with E-state index in [4.69, 9.17) is 5.73 Å². The summed E-state index contributed by atoms with van der Waals surface area (Å²) in [6.45, 7) is 1.98. The normalized spacial score (nSPS) is 20.6. The minimum atomic E-state index is -0.217. The van der Waals surface area contributed by atoms with Gasteiger partial charge >= 0.3 is 0 Å². The average Bonchev–Trinajstić information content (AvgIpc) is 2.48. The van der Waals surface area contributed by atoms with Crippen LogP contribution in [0.2, 0.25) is 0 Å². The SMILES string of the molecule is CC1CC(=O)N(Cc2cccnc2N)C1=O. The Hall–Kier alpha value is -1.91. The molecular formula is C11H13N3O2. The first-order valence-corrected chi connectivity index (χ1v) is 5.13. The van der Waals surface area contributed by atoms with Crippen molar-refractivity contribution in [3.63, 3.8) is 0 Å². The highest BCUT2D eigenvalue weighted by Crippen LogP contribution is 2.22. The van der Waals surface area contributed by atoms with E-state index in [-0.39, 0.29) is 24.3 Å². The molecule has 0 radical (unpaired) electrons. The topological polar surface area (TPSA) is 76.3 Å². The van der Waals surface area contributed by atoms with Crippen molar-refractivity contribution in [1.29, 1.82) is 0 Å². The van der Waals surface area contributed by atoms with Crippen molar-refractivity contribution in [2.45, 2.75) is 19.9 Å². The maximum absolute atomic E-state index is 11.7. The lowest BCUT2D eigenvalue weighted by atomic mass is 10.1. The largest absolute Gasteiger partial charge is 0.383 e. The van der Waals surface area contributed by atoms with Crippen molar-refractivity contribution in [2.75, 3.05) is 5.73 Å². The van der Waals surface area contributed by atoms with Crippen LogP contribution in [0.4, 0.5) is 5.82 Å². The number of imide groups is 1. The van der Waals surface area contributed by atoms with E-state index in [9.17, 15) is 9.59 Å². The van der Waals surface area contributed by atoms with Gasteiger partial charge in [0.05, 0.1) is 6.54 Å². The Kier molecular flexibility index (Phi) is 2.60. The summed E-state index contributed by atoms with van der Waals surface area (Å²) in [5, 5.41) is 0. The zero-order chi connectivity index (χ0) is 11.7. The Morgan fingerprint density at radius 3 is 2.88 bits per heavy atom. The van der Waals surface area contributed by atoms with Crippen LogP contribution in [0.25, 0.3) is 0 Å². The molecule has 2 heterocycles. The van der Waals surface area contributed by atoms with Gasteiger partial charge in [-0.15, -0.1) is 0 Å². The van der Waals surface area contributed by atoms with E-state index < -0.39 is 0 Å². The maximum Gasteiger partial charge on any atom is 0.232 e. The smallest absolute Gasteiger partial charge is 0.232 e. The quantitative estimate of drug-likeness (QED) is 0.737. The summed E-state index contributed by atoms with van der Waals surface area (Å²) in [6.07, 6.45) is 1.87. The van der Waals surface area contributed by atoms with Crippen LogP contribution < -0.4 is 5.73 Å². The molecule has 1 fully saturated rings. The van der Waals surface area contributed by atoms with Crippen molar-refractivity contribution in [3.05, 3.63) is 23.9 Å². The van der Waals surface area contributed by atoms with E-state index in [0.29, 0.717) is 17.8 Å². The number of likely N-dealkylation sites (tertiary alicyclic amines) is 1. The highest BCUT2D eigenvalue weighted by molar-refractivity contribution is 6.03. The van der Waals surface area contributed by atoms with E-state index >= 15 is 0 Å². The molecule has 1 unspecified atom stereocenters. The lowest BCUT2D eigenvalue weighted by Gasteiger charge is -2.14. The van der Waals surface area contributed by atoms with E-state index in [1.54, 1.807) is 25.3 Å². The van der Waals surface area contributed by atoms with Crippen molar-refractivity contribution in [1.82, 2.24) is 9.88 Å². The zero-order valence-corrected chi connectivity index (χ0v) is 9.01. The summed E-state index contributed by atoms with van der Waals surface area (Å²) in [5.41, 5.74) is 6.37. The van der Waals surface area contributed by atoms with Gasteiger partial charge in [0, 0.05) is 24.1 Å². The third-order valence-electron chi connectivity index (χ3n) is 2.72. The number of rotatable bonds is 2. The molecule has 0 aromatic carbocycles. The van der Waals surface area contributed by atoms with Crippen LogP contribution in [0.15, 0.2) is 18.3 Å². The minimum absolute atomic E-state index is 0.131. The third-order valence-corrected chi connectivity index (χ3v) is 2.72. The molecule has 0 aliphatic carbocycles. The highest BCUT2D eigenvalue weighted by Gasteiger charge is 2.35. The van der Waals surface area contributed by atoms with Crippen molar-refractivity contribution in [3.8, 4) is 0 Å². The summed E-state index contributed by atoms with van der Waals surface area (Å²) < 4.78 is 0. The van der Waals surface area contributed by atoms with Crippen molar-refractivity contribution in [2.24, 2.45) is 5.92 Å². The number of hydrogen-bond donors (Lipinski definition) is 1. The summed E-state index contributed by atoms with van der Waals surface area (Å²) in [4.78, 5) is 28.4. The Morgan fingerprint density at radius 1 is 1.56 bits per heavy atom. The first-order chi connectivity index (χ1) is 7.59. The van der Waals surface area contributed by atoms with E-state index in [1.165, 1.54) is 4.90 Å². The molecule has 1 aliphatic rings. The number of pyridine rings is 1. The molecule has 0 bridgehead atoms. The van der Waals surface area contributed by atoms with Crippen LogP contribution in [0.1, 0.15) is 18.9 Å². The lowest BCUT2D eigenvalue weighted by Crippen LogP contribution is -2.30. The molecule has 1 atom stereocenters. The molecule has 1 aliphatic heterocycles. The molecule has 84 valence electrons. The Balaban J connectivity index is 2.20. The van der Waals surface area contributed by atoms with Gasteiger partial charge in [-0.1, -0.05) is 13.0 Å². The van der Waals surface area contributed by atoms with Crippen LogP contribution in [0, 0.1) is 5.92 Å². The van der Waals surface area contributed by atoms with E-state index in [0.717, 1.165) is 0 Å². The molecular weight excluding hydrogens is 206 g/mol.